The van der Waals surface area contributed by atoms with Crippen molar-refractivity contribution in [2.75, 3.05) is 6.61 Å². The Hall–Kier alpha value is -1.70. The molecule has 1 aromatic heterocycles. The van der Waals surface area contributed by atoms with E-state index in [-0.39, 0.29) is 54.4 Å². The second kappa shape index (κ2) is 13.2. The van der Waals surface area contributed by atoms with E-state index in [0.29, 0.717) is 42.1 Å². The van der Waals surface area contributed by atoms with E-state index in [2.05, 4.69) is 32.7 Å². The smallest absolute Gasteiger partial charge is 0.338 e. The lowest BCUT2D eigenvalue weighted by Gasteiger charge is -2.61. The molecule has 1 aromatic rings. The highest BCUT2D eigenvalue weighted by molar-refractivity contribution is 5.89. The highest BCUT2D eigenvalue weighted by Gasteiger charge is 2.71. The van der Waals surface area contributed by atoms with Gasteiger partial charge in [0.05, 0.1) is 24.4 Å². The molecule has 11 heteroatoms. The molecule has 2 spiro atoms. The SMILES string of the molecule is Cc1cc(C(=O)OCC(C[C@H]2O[C@@H]3OC4(C)CC[C@H]5[C@H](C)CC[C@@H]([C@H]2C)[C@@]35OO4)C[C@H]2O[C@@H]3OC4(C)CC[C@H]5[C@H](C)CC[C@@H]([C@H]2C)[C@@]35OO4)cc(C)n1. The molecule has 16 atom stereocenters. The number of aryl methyl sites for hydroxylation is 2. The summed E-state index contributed by atoms with van der Waals surface area (Å²) in [4.78, 5) is 43.1. The number of aromatic nitrogens is 1. The molecule has 11 rings (SSSR count). The second-order valence-corrected chi connectivity index (χ2v) is 19.0. The average Bonchev–Trinajstić information content (AvgIpc) is 3.49. The Balaban J connectivity index is 1.00. The minimum Gasteiger partial charge on any atom is -0.462 e. The normalized spacial score (nSPS) is 50.3. The lowest BCUT2D eigenvalue weighted by atomic mass is 9.56. The molecule has 2 aliphatic carbocycles. The minimum absolute atomic E-state index is 0.0472. The van der Waals surface area contributed by atoms with E-state index >= 15 is 0 Å². The Morgan fingerprint density at radius 1 is 0.717 bits per heavy atom. The van der Waals surface area contributed by atoms with Crippen LogP contribution in [0.15, 0.2) is 12.1 Å². The number of carbonyl (C=O) groups excluding carboxylic acids is 1. The summed E-state index contributed by atoms with van der Waals surface area (Å²) in [7, 11) is 0. The molecule has 0 N–H and O–H groups in total. The zero-order valence-electron chi connectivity index (χ0n) is 33.0. The van der Waals surface area contributed by atoms with Crippen LogP contribution in [0.3, 0.4) is 0 Å². The summed E-state index contributed by atoms with van der Waals surface area (Å²) in [5.41, 5.74) is 0.858. The van der Waals surface area contributed by atoms with Gasteiger partial charge in [-0.15, -0.1) is 0 Å². The number of esters is 1. The van der Waals surface area contributed by atoms with E-state index in [1.54, 1.807) is 12.1 Å². The Morgan fingerprint density at radius 3 is 1.66 bits per heavy atom. The molecule has 0 aromatic carbocycles. The molecule has 2 saturated carbocycles. The van der Waals surface area contributed by atoms with Gasteiger partial charge in [0.25, 0.3) is 0 Å². The molecule has 8 saturated heterocycles. The van der Waals surface area contributed by atoms with E-state index in [9.17, 15) is 4.79 Å². The summed E-state index contributed by atoms with van der Waals surface area (Å²) in [6.07, 6.45) is 7.99. The fourth-order valence-electron chi connectivity index (χ4n) is 12.6. The maximum absolute atomic E-state index is 13.6. The van der Waals surface area contributed by atoms with Crippen LogP contribution in [-0.2, 0) is 43.2 Å². The fourth-order valence-corrected chi connectivity index (χ4v) is 12.6. The monoisotopic (exact) mass is 739 g/mol. The number of fused-ring (bicyclic) bond motifs is 4. The van der Waals surface area contributed by atoms with Gasteiger partial charge in [0.2, 0.25) is 11.6 Å². The first-order chi connectivity index (χ1) is 25.2. The van der Waals surface area contributed by atoms with Crippen LogP contribution in [-0.4, -0.2) is 65.1 Å². The van der Waals surface area contributed by atoms with Crippen LogP contribution in [0.4, 0.5) is 0 Å². The lowest BCUT2D eigenvalue weighted by molar-refractivity contribution is -0.571. The van der Waals surface area contributed by atoms with Crippen LogP contribution in [0.5, 0.6) is 0 Å². The molecule has 9 heterocycles. The number of rotatable bonds is 7. The van der Waals surface area contributed by atoms with Crippen molar-refractivity contribution in [1.82, 2.24) is 4.98 Å². The van der Waals surface area contributed by atoms with Gasteiger partial charge < -0.3 is 23.7 Å². The van der Waals surface area contributed by atoms with Crippen molar-refractivity contribution in [2.24, 2.45) is 53.3 Å². The van der Waals surface area contributed by atoms with Crippen LogP contribution < -0.4 is 0 Å². The minimum atomic E-state index is -0.838. The van der Waals surface area contributed by atoms with Gasteiger partial charge in [0.1, 0.15) is 0 Å². The van der Waals surface area contributed by atoms with Gasteiger partial charge >= 0.3 is 5.97 Å². The maximum atomic E-state index is 13.6. The predicted molar refractivity (Wildman–Crippen MR) is 190 cm³/mol. The van der Waals surface area contributed by atoms with Crippen LogP contribution in [0, 0.1) is 67.1 Å². The van der Waals surface area contributed by atoms with Crippen molar-refractivity contribution in [3.05, 3.63) is 29.1 Å². The molecular weight excluding hydrogens is 678 g/mol. The first-order valence-electron chi connectivity index (χ1n) is 20.8. The summed E-state index contributed by atoms with van der Waals surface area (Å²) in [6.45, 7) is 17.3. The number of carbonyl (C=O) groups is 1. The Bertz CT molecular complexity index is 1480. The van der Waals surface area contributed by atoms with E-state index in [1.807, 2.05) is 27.7 Å². The number of hydrogen-bond acceptors (Lipinski definition) is 11. The topological polar surface area (TPSA) is 113 Å². The van der Waals surface area contributed by atoms with Crippen LogP contribution in [0.2, 0.25) is 0 Å². The van der Waals surface area contributed by atoms with Crippen molar-refractivity contribution in [3.63, 3.8) is 0 Å². The average molecular weight is 740 g/mol. The third kappa shape index (κ3) is 5.88. The van der Waals surface area contributed by atoms with Gasteiger partial charge in [0.15, 0.2) is 23.8 Å². The maximum Gasteiger partial charge on any atom is 0.338 e. The first-order valence-corrected chi connectivity index (χ1v) is 20.8. The summed E-state index contributed by atoms with van der Waals surface area (Å²) in [5.74, 6) is 0.341. The fraction of sp³-hybridized carbons (Fsp3) is 0.857. The third-order valence-corrected chi connectivity index (χ3v) is 15.5. The Labute approximate surface area is 314 Å². The third-order valence-electron chi connectivity index (χ3n) is 15.5. The molecule has 10 aliphatic rings. The number of nitrogens with zero attached hydrogens (tertiary/aromatic N) is 1. The molecule has 294 valence electrons. The molecule has 0 radical (unpaired) electrons. The number of hydrogen-bond donors (Lipinski definition) is 0. The number of ether oxygens (including phenoxy) is 5. The van der Waals surface area contributed by atoms with Gasteiger partial charge in [-0.25, -0.2) is 24.3 Å². The van der Waals surface area contributed by atoms with E-state index in [0.717, 1.165) is 62.8 Å². The quantitative estimate of drug-likeness (QED) is 0.202. The molecule has 11 nitrogen and oxygen atoms in total. The molecular formula is C42H61NO10. The van der Waals surface area contributed by atoms with Gasteiger partial charge in [-0.2, -0.15) is 0 Å². The first kappa shape index (κ1) is 36.9. The zero-order valence-corrected chi connectivity index (χ0v) is 33.0. The van der Waals surface area contributed by atoms with Gasteiger partial charge in [-0.1, -0.05) is 27.7 Å². The summed E-state index contributed by atoms with van der Waals surface area (Å²) in [5, 5.41) is 0. The highest BCUT2D eigenvalue weighted by atomic mass is 17.3. The Kier molecular flexibility index (Phi) is 9.18. The summed E-state index contributed by atoms with van der Waals surface area (Å²) in [6, 6.07) is 3.59. The van der Waals surface area contributed by atoms with Crippen molar-refractivity contribution in [3.8, 4) is 0 Å². The molecule has 2 unspecified atom stereocenters. The number of pyridine rings is 1. The lowest BCUT2D eigenvalue weighted by Crippen LogP contribution is -2.70. The largest absolute Gasteiger partial charge is 0.462 e. The molecule has 4 bridgehead atoms. The Morgan fingerprint density at radius 2 is 1.19 bits per heavy atom. The zero-order chi connectivity index (χ0) is 37.1. The summed E-state index contributed by atoms with van der Waals surface area (Å²) >= 11 is 0. The van der Waals surface area contributed by atoms with Crippen LogP contribution >= 0.6 is 0 Å². The molecule has 8 aliphatic heterocycles. The summed E-state index contributed by atoms with van der Waals surface area (Å²) < 4.78 is 33.8. The van der Waals surface area contributed by atoms with Crippen molar-refractivity contribution >= 4 is 5.97 Å². The van der Waals surface area contributed by atoms with Gasteiger partial charge in [-0.05, 0) is 133 Å². The van der Waals surface area contributed by atoms with E-state index < -0.39 is 35.4 Å². The van der Waals surface area contributed by atoms with Crippen molar-refractivity contribution in [1.29, 1.82) is 0 Å². The predicted octanol–water partition coefficient (Wildman–Crippen LogP) is 7.75. The van der Waals surface area contributed by atoms with Crippen LogP contribution in [0.25, 0.3) is 0 Å². The van der Waals surface area contributed by atoms with E-state index in [1.165, 1.54) is 0 Å². The van der Waals surface area contributed by atoms with Crippen LogP contribution in [0.1, 0.15) is 127 Å². The molecule has 10 fully saturated rings. The molecule has 53 heavy (non-hydrogen) atoms. The van der Waals surface area contributed by atoms with Crippen molar-refractivity contribution in [2.45, 2.75) is 167 Å². The standard InChI is InChI=1S/C42H61NO10/c1-22-9-11-32-26(5)34(46-37-41(32)30(22)13-15-39(7,48-37)50-52-41)19-28(21-45-36(44)29-17-24(3)43-25(4)18-29)20-35-27(6)33-12-10-23(2)31-14-16-40(8)49-38(47-35)42(31,33)53-51-40/h17-18,22-23,26-28,30-35,37-38H,9-16,19-21H2,1-8H3/t22-,23-,26-,27-,28?,30+,31+,32+,33+,34-,35-,37-,38-,39?,40?,41-,42-/m1/s1. The van der Waals surface area contributed by atoms with Crippen molar-refractivity contribution < 1.29 is 48.0 Å². The van der Waals surface area contributed by atoms with E-state index in [4.69, 9.17) is 43.2 Å². The highest BCUT2D eigenvalue weighted by Crippen LogP contribution is 2.63. The second-order valence-electron chi connectivity index (χ2n) is 19.0. The van der Waals surface area contributed by atoms with Gasteiger partial charge in [0, 0.05) is 36.1 Å². The molecule has 0 amide bonds. The van der Waals surface area contributed by atoms with Gasteiger partial charge in [-0.3, -0.25) is 4.98 Å².